The van der Waals surface area contributed by atoms with Crippen LogP contribution in [0.15, 0.2) is 42.5 Å². The van der Waals surface area contributed by atoms with Crippen LogP contribution in [-0.2, 0) is 0 Å². The number of fused-ring (bicyclic) bond motifs is 1. The van der Waals surface area contributed by atoms with Gasteiger partial charge < -0.3 is 14.4 Å². The molecule has 154 valence electrons. The fourth-order valence-electron chi connectivity index (χ4n) is 3.86. The normalized spacial score (nSPS) is 15.0. The molecule has 0 radical (unpaired) electrons. The number of rotatable bonds is 8. The number of imidazole rings is 1. The van der Waals surface area contributed by atoms with E-state index in [4.69, 9.17) is 9.47 Å². The SMILES string of the molecule is CCOc1nc2cc(F)ccc2n1-c1ccc(OCCCN2CCCCC2)cc1. The Balaban J connectivity index is 1.43. The number of halogens is 1. The molecule has 1 aromatic heterocycles. The van der Waals surface area contributed by atoms with Gasteiger partial charge in [0, 0.05) is 12.6 Å². The summed E-state index contributed by atoms with van der Waals surface area (Å²) in [6.07, 6.45) is 5.04. The summed E-state index contributed by atoms with van der Waals surface area (Å²) >= 11 is 0. The molecule has 1 saturated heterocycles. The second-order valence-electron chi connectivity index (χ2n) is 7.39. The molecule has 0 N–H and O–H groups in total. The van der Waals surface area contributed by atoms with Crippen LogP contribution in [-0.4, -0.2) is 47.3 Å². The quantitative estimate of drug-likeness (QED) is 0.511. The van der Waals surface area contributed by atoms with Crippen molar-refractivity contribution < 1.29 is 13.9 Å². The molecule has 4 rings (SSSR count). The van der Waals surface area contributed by atoms with Crippen LogP contribution in [0, 0.1) is 5.82 Å². The van der Waals surface area contributed by atoms with Crippen LogP contribution in [0.25, 0.3) is 16.7 Å². The van der Waals surface area contributed by atoms with Crippen LogP contribution in [0.2, 0.25) is 0 Å². The zero-order valence-corrected chi connectivity index (χ0v) is 16.9. The molecule has 3 aromatic rings. The van der Waals surface area contributed by atoms with Crippen molar-refractivity contribution in [3.05, 3.63) is 48.3 Å². The van der Waals surface area contributed by atoms with Gasteiger partial charge in [-0.3, -0.25) is 4.57 Å². The Morgan fingerprint density at radius 2 is 1.79 bits per heavy atom. The smallest absolute Gasteiger partial charge is 0.302 e. The average molecular weight is 397 g/mol. The number of nitrogens with zero attached hydrogens (tertiary/aromatic N) is 3. The molecule has 0 spiro atoms. The predicted molar refractivity (Wildman–Crippen MR) is 113 cm³/mol. The van der Waals surface area contributed by atoms with Crippen molar-refractivity contribution in [1.82, 2.24) is 14.5 Å². The summed E-state index contributed by atoms with van der Waals surface area (Å²) in [5.74, 6) is 0.541. The fourth-order valence-corrected chi connectivity index (χ4v) is 3.86. The molecular formula is C23H28FN3O2. The van der Waals surface area contributed by atoms with Crippen LogP contribution >= 0.6 is 0 Å². The highest BCUT2D eigenvalue weighted by atomic mass is 19.1. The highest BCUT2D eigenvalue weighted by Crippen LogP contribution is 2.28. The highest BCUT2D eigenvalue weighted by Gasteiger charge is 2.14. The van der Waals surface area contributed by atoms with Crippen molar-refractivity contribution in [2.45, 2.75) is 32.6 Å². The van der Waals surface area contributed by atoms with Crippen LogP contribution in [0.1, 0.15) is 32.6 Å². The standard InChI is InChI=1S/C23H28FN3O2/c1-2-28-23-25-21-17-18(24)7-12-22(21)27(23)19-8-10-20(11-9-19)29-16-6-15-26-13-4-3-5-14-26/h7-12,17H,2-6,13-16H2,1H3. The van der Waals surface area contributed by atoms with E-state index in [0.29, 0.717) is 24.7 Å². The number of hydrogen-bond donors (Lipinski definition) is 0. The van der Waals surface area contributed by atoms with Gasteiger partial charge in [-0.25, -0.2) is 4.39 Å². The Labute approximate surface area is 171 Å². The van der Waals surface area contributed by atoms with E-state index in [-0.39, 0.29) is 5.82 Å². The number of hydrogen-bond acceptors (Lipinski definition) is 4. The van der Waals surface area contributed by atoms with Crippen molar-refractivity contribution in [3.8, 4) is 17.4 Å². The van der Waals surface area contributed by atoms with Crippen LogP contribution < -0.4 is 9.47 Å². The van der Waals surface area contributed by atoms with E-state index in [1.165, 1.54) is 44.5 Å². The molecule has 0 saturated carbocycles. The Kier molecular flexibility index (Phi) is 6.30. The minimum absolute atomic E-state index is 0.307. The highest BCUT2D eigenvalue weighted by molar-refractivity contribution is 5.79. The Morgan fingerprint density at radius 3 is 2.55 bits per heavy atom. The molecule has 0 atom stereocenters. The van der Waals surface area contributed by atoms with Crippen molar-refractivity contribution in [2.75, 3.05) is 32.8 Å². The summed E-state index contributed by atoms with van der Waals surface area (Å²) in [6, 6.07) is 12.9. The van der Waals surface area contributed by atoms with Gasteiger partial charge in [-0.05, 0) is 75.7 Å². The van der Waals surface area contributed by atoms with E-state index in [9.17, 15) is 4.39 Å². The third kappa shape index (κ3) is 4.70. The lowest BCUT2D eigenvalue weighted by molar-refractivity contribution is 0.205. The molecule has 5 nitrogen and oxygen atoms in total. The number of piperidine rings is 1. The van der Waals surface area contributed by atoms with E-state index in [0.717, 1.165) is 29.9 Å². The van der Waals surface area contributed by atoms with Gasteiger partial charge in [-0.1, -0.05) is 6.42 Å². The largest absolute Gasteiger partial charge is 0.494 e. The van der Waals surface area contributed by atoms with E-state index in [2.05, 4.69) is 9.88 Å². The lowest BCUT2D eigenvalue weighted by Gasteiger charge is -2.26. The predicted octanol–water partition coefficient (Wildman–Crippen LogP) is 4.82. The second-order valence-corrected chi connectivity index (χ2v) is 7.39. The summed E-state index contributed by atoms with van der Waals surface area (Å²) in [5.41, 5.74) is 2.29. The van der Waals surface area contributed by atoms with Gasteiger partial charge in [-0.2, -0.15) is 4.98 Å². The molecule has 0 amide bonds. The molecule has 0 aliphatic carbocycles. The Morgan fingerprint density at radius 1 is 1.00 bits per heavy atom. The van der Waals surface area contributed by atoms with Gasteiger partial charge in [0.25, 0.3) is 0 Å². The first-order valence-electron chi connectivity index (χ1n) is 10.5. The summed E-state index contributed by atoms with van der Waals surface area (Å²) < 4.78 is 27.1. The molecular weight excluding hydrogens is 369 g/mol. The lowest BCUT2D eigenvalue weighted by Crippen LogP contribution is -2.31. The van der Waals surface area contributed by atoms with Crippen molar-refractivity contribution in [2.24, 2.45) is 0 Å². The van der Waals surface area contributed by atoms with Gasteiger partial charge in [0.2, 0.25) is 0 Å². The summed E-state index contributed by atoms with van der Waals surface area (Å²) in [7, 11) is 0. The maximum absolute atomic E-state index is 13.6. The van der Waals surface area contributed by atoms with Crippen LogP contribution in [0.4, 0.5) is 4.39 Å². The third-order valence-corrected chi connectivity index (χ3v) is 5.29. The molecule has 2 aromatic carbocycles. The minimum Gasteiger partial charge on any atom is -0.494 e. The molecule has 6 heteroatoms. The van der Waals surface area contributed by atoms with E-state index >= 15 is 0 Å². The van der Waals surface area contributed by atoms with Gasteiger partial charge in [-0.15, -0.1) is 0 Å². The molecule has 2 heterocycles. The van der Waals surface area contributed by atoms with Crippen molar-refractivity contribution in [1.29, 1.82) is 0 Å². The molecule has 29 heavy (non-hydrogen) atoms. The van der Waals surface area contributed by atoms with Crippen LogP contribution in [0.5, 0.6) is 11.8 Å². The zero-order chi connectivity index (χ0) is 20.1. The molecule has 1 aliphatic heterocycles. The summed E-state index contributed by atoms with van der Waals surface area (Å²) in [6.45, 7) is 6.66. The first-order chi connectivity index (χ1) is 14.2. The number of aromatic nitrogens is 2. The van der Waals surface area contributed by atoms with Crippen molar-refractivity contribution >= 4 is 11.0 Å². The van der Waals surface area contributed by atoms with Gasteiger partial charge in [0.15, 0.2) is 0 Å². The topological polar surface area (TPSA) is 39.5 Å². The average Bonchev–Trinajstić information content (AvgIpc) is 3.09. The number of benzene rings is 2. The summed E-state index contributed by atoms with van der Waals surface area (Å²) in [5, 5.41) is 0. The van der Waals surface area contributed by atoms with E-state index < -0.39 is 0 Å². The second kappa shape index (κ2) is 9.27. The molecule has 1 fully saturated rings. The molecule has 0 unspecified atom stereocenters. The monoisotopic (exact) mass is 397 g/mol. The van der Waals surface area contributed by atoms with Gasteiger partial charge in [0.1, 0.15) is 11.6 Å². The van der Waals surface area contributed by atoms with E-state index in [1.807, 2.05) is 35.8 Å². The summed E-state index contributed by atoms with van der Waals surface area (Å²) in [4.78, 5) is 6.96. The van der Waals surface area contributed by atoms with Crippen LogP contribution in [0.3, 0.4) is 0 Å². The first-order valence-corrected chi connectivity index (χ1v) is 10.5. The number of likely N-dealkylation sites (tertiary alicyclic amines) is 1. The van der Waals surface area contributed by atoms with E-state index in [1.54, 1.807) is 6.07 Å². The lowest BCUT2D eigenvalue weighted by atomic mass is 10.1. The molecule has 1 aliphatic rings. The maximum atomic E-state index is 13.6. The first kappa shape index (κ1) is 19.7. The third-order valence-electron chi connectivity index (χ3n) is 5.29. The maximum Gasteiger partial charge on any atom is 0.302 e. The Hall–Kier alpha value is -2.60. The number of ether oxygens (including phenoxy) is 2. The van der Waals surface area contributed by atoms with Gasteiger partial charge in [0.05, 0.1) is 29.9 Å². The van der Waals surface area contributed by atoms with Gasteiger partial charge >= 0.3 is 6.01 Å². The minimum atomic E-state index is -0.307. The Bertz CT molecular complexity index is 933. The molecule has 0 bridgehead atoms. The zero-order valence-electron chi connectivity index (χ0n) is 16.9. The fraction of sp³-hybridized carbons (Fsp3) is 0.435. The van der Waals surface area contributed by atoms with Crippen molar-refractivity contribution in [3.63, 3.8) is 0 Å².